The van der Waals surface area contributed by atoms with Gasteiger partial charge in [-0.05, 0) is 61.2 Å². The van der Waals surface area contributed by atoms with E-state index < -0.39 is 47.2 Å². The number of ketones is 2. The van der Waals surface area contributed by atoms with Crippen LogP contribution in [0.3, 0.4) is 0 Å². The minimum atomic E-state index is -2.11. The summed E-state index contributed by atoms with van der Waals surface area (Å²) in [7, 11) is 0. The molecule has 3 saturated carbocycles. The second-order valence-corrected chi connectivity index (χ2v) is 9.76. The van der Waals surface area contributed by atoms with Crippen LogP contribution in [0.25, 0.3) is 0 Å². The molecule has 0 aliphatic heterocycles. The highest BCUT2D eigenvalue weighted by atomic mass is 19.1. The minimum absolute atomic E-state index is 0.0736. The number of aliphatic hydroxyl groups is 2. The average Bonchev–Trinajstić information content (AvgIpc) is 2.89. The molecule has 0 aromatic heterocycles. The summed E-state index contributed by atoms with van der Waals surface area (Å²) in [6.45, 7) is 4.78. The summed E-state index contributed by atoms with van der Waals surface area (Å²) in [5.41, 5.74) is -4.09. The zero-order valence-electron chi connectivity index (χ0n) is 16.5. The summed E-state index contributed by atoms with van der Waals surface area (Å²) in [6, 6.07) is 0. The third kappa shape index (κ3) is 2.22. The van der Waals surface area contributed by atoms with E-state index in [9.17, 15) is 19.8 Å². The summed E-state index contributed by atoms with van der Waals surface area (Å²) >= 11 is 0. The van der Waals surface area contributed by atoms with Crippen molar-refractivity contribution in [1.29, 1.82) is 0 Å². The third-order valence-corrected chi connectivity index (χ3v) is 8.47. The Kier molecular flexibility index (Phi) is 4.30. The summed E-state index contributed by atoms with van der Waals surface area (Å²) < 4.78 is 32.0. The van der Waals surface area contributed by atoms with Crippen LogP contribution in [0, 0.1) is 34.5 Å². The van der Waals surface area contributed by atoms with Crippen LogP contribution in [-0.4, -0.2) is 46.3 Å². The Bertz CT molecular complexity index is 791. The van der Waals surface area contributed by atoms with Crippen LogP contribution in [0.1, 0.15) is 40.0 Å². The van der Waals surface area contributed by atoms with Crippen molar-refractivity contribution in [2.45, 2.75) is 58.0 Å². The first kappa shape index (κ1) is 19.9. The second kappa shape index (κ2) is 6.05. The van der Waals surface area contributed by atoms with Gasteiger partial charge in [0.2, 0.25) is 0 Å². The molecule has 3 fully saturated rings. The van der Waals surface area contributed by atoms with Gasteiger partial charge in [-0.2, -0.15) is 0 Å². The molecule has 154 valence electrons. The number of alkyl halides is 2. The molecule has 0 spiro atoms. The van der Waals surface area contributed by atoms with Crippen LogP contribution in [-0.2, 0) is 9.59 Å². The lowest BCUT2D eigenvalue weighted by Crippen LogP contribution is -2.68. The van der Waals surface area contributed by atoms with Gasteiger partial charge < -0.3 is 10.2 Å². The lowest BCUT2D eigenvalue weighted by atomic mass is 9.45. The molecule has 4 aliphatic rings. The lowest BCUT2D eigenvalue weighted by molar-refractivity contribution is -0.202. The first-order valence-electron chi connectivity index (χ1n) is 10.1. The van der Waals surface area contributed by atoms with E-state index >= 15 is 8.78 Å². The molecule has 2 N–H and O–H groups in total. The number of hydrogen-bond donors (Lipinski definition) is 2. The SMILES string of the molecule is C[C@H]1C[C@@H]2[C@H]3C[C@H](F)C4=CC(=O)C=C[C@]4(C)[C@]3(F)[C@@H](O)C[C@]2(C)[C@@H]1C(=O)CO. The third-order valence-electron chi connectivity index (χ3n) is 8.47. The number of carbonyl (C=O) groups is 2. The molecule has 0 unspecified atom stereocenters. The summed E-state index contributed by atoms with van der Waals surface area (Å²) in [4.78, 5) is 24.3. The standard InChI is InChI=1S/C22H28F2O4/c1-11-6-13-14-8-16(23)15-7-12(26)4-5-21(15,3)22(14,24)18(28)9-20(13,2)19(11)17(27)10-25/h4-5,7,11,13-14,16,18-19,25,28H,6,8-10H2,1-3H3/t11-,13+,14+,16-,18-,19-,20-,21-,22+/m0/s1. The average molecular weight is 394 g/mol. The van der Waals surface area contributed by atoms with Crippen LogP contribution in [0.5, 0.6) is 0 Å². The van der Waals surface area contributed by atoms with Crippen LogP contribution in [0.2, 0.25) is 0 Å². The van der Waals surface area contributed by atoms with Gasteiger partial charge in [0.15, 0.2) is 17.2 Å². The number of hydrogen-bond acceptors (Lipinski definition) is 4. The minimum Gasteiger partial charge on any atom is -0.390 e. The predicted molar refractivity (Wildman–Crippen MR) is 98.8 cm³/mol. The molecule has 6 heteroatoms. The highest BCUT2D eigenvalue weighted by molar-refractivity contribution is 6.01. The summed E-state index contributed by atoms with van der Waals surface area (Å²) in [6.07, 6.45) is 1.52. The molecule has 9 atom stereocenters. The maximum absolute atomic E-state index is 16.8. The predicted octanol–water partition coefficient (Wildman–Crippen LogP) is 2.73. The van der Waals surface area contributed by atoms with Crippen LogP contribution in [0.4, 0.5) is 8.78 Å². The van der Waals surface area contributed by atoms with Gasteiger partial charge in [0.25, 0.3) is 0 Å². The first-order valence-corrected chi connectivity index (χ1v) is 10.1. The molecule has 28 heavy (non-hydrogen) atoms. The van der Waals surface area contributed by atoms with Gasteiger partial charge in [0.1, 0.15) is 12.8 Å². The van der Waals surface area contributed by atoms with Crippen molar-refractivity contribution < 1.29 is 28.6 Å². The van der Waals surface area contributed by atoms with E-state index in [1.165, 1.54) is 18.2 Å². The van der Waals surface area contributed by atoms with Crippen molar-refractivity contribution in [1.82, 2.24) is 0 Å². The summed E-state index contributed by atoms with van der Waals surface area (Å²) in [5, 5.41) is 20.5. The molecule has 0 heterocycles. The smallest absolute Gasteiger partial charge is 0.178 e. The van der Waals surface area contributed by atoms with Crippen LogP contribution >= 0.6 is 0 Å². The van der Waals surface area contributed by atoms with Crippen molar-refractivity contribution in [2.24, 2.45) is 34.5 Å². The lowest BCUT2D eigenvalue weighted by Gasteiger charge is -2.62. The fourth-order valence-electron chi connectivity index (χ4n) is 7.36. The van der Waals surface area contributed by atoms with E-state index in [0.29, 0.717) is 6.42 Å². The van der Waals surface area contributed by atoms with Crippen LogP contribution < -0.4 is 0 Å². The first-order chi connectivity index (χ1) is 13.0. The van der Waals surface area contributed by atoms with Gasteiger partial charge in [-0.25, -0.2) is 8.78 Å². The van der Waals surface area contributed by atoms with Gasteiger partial charge in [0.05, 0.1) is 6.10 Å². The highest BCUT2D eigenvalue weighted by Gasteiger charge is 2.73. The largest absolute Gasteiger partial charge is 0.390 e. The Morgan fingerprint density at radius 2 is 1.96 bits per heavy atom. The van der Waals surface area contributed by atoms with E-state index in [-0.39, 0.29) is 41.8 Å². The number of halogens is 2. The highest BCUT2D eigenvalue weighted by Crippen LogP contribution is 2.70. The number of aliphatic hydroxyl groups excluding tert-OH is 2. The monoisotopic (exact) mass is 394 g/mol. The molecule has 0 bridgehead atoms. The number of carbonyl (C=O) groups excluding carboxylic acids is 2. The number of allylic oxidation sites excluding steroid dienone is 4. The van der Waals surface area contributed by atoms with Gasteiger partial charge in [-0.3, -0.25) is 9.59 Å². The molecule has 0 saturated heterocycles. The van der Waals surface area contributed by atoms with Crippen molar-refractivity contribution in [3.05, 3.63) is 23.8 Å². The van der Waals surface area contributed by atoms with Gasteiger partial charge in [-0.15, -0.1) is 0 Å². The zero-order valence-corrected chi connectivity index (χ0v) is 16.5. The summed E-state index contributed by atoms with van der Waals surface area (Å²) in [5.74, 6) is -2.26. The number of fused-ring (bicyclic) bond motifs is 5. The van der Waals surface area contributed by atoms with Crippen molar-refractivity contribution in [3.63, 3.8) is 0 Å². The molecule has 0 radical (unpaired) electrons. The van der Waals surface area contributed by atoms with Crippen molar-refractivity contribution >= 4 is 11.6 Å². The zero-order chi connectivity index (χ0) is 20.6. The number of rotatable bonds is 2. The Hall–Kier alpha value is -1.40. The van der Waals surface area contributed by atoms with E-state index in [4.69, 9.17) is 0 Å². The molecule has 4 nitrogen and oxygen atoms in total. The van der Waals surface area contributed by atoms with Gasteiger partial charge in [-0.1, -0.05) is 19.9 Å². The molecular weight excluding hydrogens is 366 g/mol. The Balaban J connectivity index is 1.84. The Morgan fingerprint density at radius 1 is 1.29 bits per heavy atom. The van der Waals surface area contributed by atoms with E-state index in [1.807, 2.05) is 13.8 Å². The van der Waals surface area contributed by atoms with Crippen molar-refractivity contribution in [3.8, 4) is 0 Å². The Labute approximate surface area is 163 Å². The maximum atomic E-state index is 16.8. The molecule has 0 aromatic carbocycles. The number of Topliss-reactive ketones (excluding diaryl/α,β-unsaturated/α-hetero) is 1. The van der Waals surface area contributed by atoms with Crippen LogP contribution in [0.15, 0.2) is 23.8 Å². The van der Waals surface area contributed by atoms with E-state index in [0.717, 1.165) is 0 Å². The van der Waals surface area contributed by atoms with Gasteiger partial charge >= 0.3 is 0 Å². The van der Waals surface area contributed by atoms with Crippen molar-refractivity contribution in [2.75, 3.05) is 6.61 Å². The Morgan fingerprint density at radius 3 is 2.61 bits per heavy atom. The van der Waals surface area contributed by atoms with E-state index in [1.54, 1.807) is 6.92 Å². The van der Waals surface area contributed by atoms with E-state index in [2.05, 4.69) is 0 Å². The molecular formula is C22H28F2O4. The molecule has 0 amide bonds. The second-order valence-electron chi connectivity index (χ2n) is 9.76. The topological polar surface area (TPSA) is 74.6 Å². The quantitative estimate of drug-likeness (QED) is 0.755. The fraction of sp³-hybridized carbons (Fsp3) is 0.727. The molecule has 0 aromatic rings. The maximum Gasteiger partial charge on any atom is 0.178 e. The molecule has 4 aliphatic carbocycles. The fourth-order valence-corrected chi connectivity index (χ4v) is 7.36. The van der Waals surface area contributed by atoms with Gasteiger partial charge in [0, 0.05) is 17.3 Å². The normalized spacial score (nSPS) is 52.5. The molecule has 4 rings (SSSR count).